The molecule has 0 aliphatic carbocycles. The number of carbonyl (C=O) groups is 2. The van der Waals surface area contributed by atoms with Crippen molar-refractivity contribution in [3.05, 3.63) is 0 Å². The molecule has 8 heteroatoms. The van der Waals surface area contributed by atoms with E-state index in [4.69, 9.17) is 0 Å². The first-order chi connectivity index (χ1) is 8.49. The van der Waals surface area contributed by atoms with Gasteiger partial charge in [-0.05, 0) is 0 Å². The van der Waals surface area contributed by atoms with E-state index in [9.17, 15) is 9.59 Å². The second-order valence-electron chi connectivity index (χ2n) is 3.61. The number of halogens is 4. The van der Waals surface area contributed by atoms with Crippen LogP contribution in [-0.4, -0.2) is 45.2 Å². The molecule has 2 unspecified atom stereocenters. The van der Waals surface area contributed by atoms with Gasteiger partial charge in [0.05, 0.1) is 0 Å². The van der Waals surface area contributed by atoms with Gasteiger partial charge in [0.2, 0.25) is 11.8 Å². The Hall–Kier alpha value is 0.860. The minimum atomic E-state index is -0.105. The molecular formula is C10H16Br4N2O2. The lowest BCUT2D eigenvalue weighted by Crippen LogP contribution is -2.33. The summed E-state index contributed by atoms with van der Waals surface area (Å²) >= 11 is 13.4. The van der Waals surface area contributed by atoms with Gasteiger partial charge in [-0.2, -0.15) is 0 Å². The van der Waals surface area contributed by atoms with Crippen molar-refractivity contribution in [1.29, 1.82) is 0 Å². The number of carbonyl (C=O) groups excluding carboxylic acids is 2. The van der Waals surface area contributed by atoms with Crippen LogP contribution in [-0.2, 0) is 9.59 Å². The predicted molar refractivity (Wildman–Crippen MR) is 88.3 cm³/mol. The van der Waals surface area contributed by atoms with Crippen LogP contribution in [0, 0.1) is 0 Å². The van der Waals surface area contributed by atoms with Crippen molar-refractivity contribution < 1.29 is 9.59 Å². The zero-order valence-corrected chi connectivity index (χ0v) is 16.1. The number of hydrogen-bond acceptors (Lipinski definition) is 2. The van der Waals surface area contributed by atoms with Gasteiger partial charge in [0.1, 0.15) is 0 Å². The van der Waals surface area contributed by atoms with Crippen LogP contribution in [0.4, 0.5) is 0 Å². The quantitative estimate of drug-likeness (QED) is 0.463. The van der Waals surface area contributed by atoms with E-state index < -0.39 is 0 Å². The molecule has 0 saturated carbocycles. The van der Waals surface area contributed by atoms with E-state index in [0.717, 1.165) is 10.7 Å². The molecule has 0 saturated heterocycles. The third-order valence-electron chi connectivity index (χ3n) is 1.96. The average Bonchev–Trinajstić information content (AvgIpc) is 2.39. The zero-order chi connectivity index (χ0) is 14.0. The van der Waals surface area contributed by atoms with Crippen LogP contribution >= 0.6 is 63.7 Å². The summed E-state index contributed by atoms with van der Waals surface area (Å²) in [5.41, 5.74) is 0. The lowest BCUT2D eigenvalue weighted by molar-refractivity contribution is -0.126. The van der Waals surface area contributed by atoms with Crippen LogP contribution in [0.15, 0.2) is 0 Å². The van der Waals surface area contributed by atoms with Crippen molar-refractivity contribution in [3.63, 3.8) is 0 Å². The molecule has 0 rings (SSSR count). The van der Waals surface area contributed by atoms with Crippen molar-refractivity contribution in [2.24, 2.45) is 0 Å². The molecule has 0 aromatic heterocycles. The molecule has 0 aromatic carbocycles. The molecule has 0 aliphatic heterocycles. The van der Waals surface area contributed by atoms with Crippen molar-refractivity contribution >= 4 is 75.5 Å². The van der Waals surface area contributed by atoms with Crippen LogP contribution in [0.2, 0.25) is 0 Å². The van der Waals surface area contributed by atoms with Crippen molar-refractivity contribution in [1.82, 2.24) is 10.6 Å². The van der Waals surface area contributed by atoms with Crippen molar-refractivity contribution in [2.45, 2.75) is 22.5 Å². The van der Waals surface area contributed by atoms with Crippen LogP contribution in [0.3, 0.4) is 0 Å². The molecule has 0 bridgehead atoms. The smallest absolute Gasteiger partial charge is 0.220 e. The van der Waals surface area contributed by atoms with Gasteiger partial charge in [-0.25, -0.2) is 0 Å². The molecule has 2 amide bonds. The molecule has 0 aromatic rings. The molecule has 0 heterocycles. The maximum atomic E-state index is 11.4. The van der Waals surface area contributed by atoms with Gasteiger partial charge in [-0.1, -0.05) is 63.7 Å². The second-order valence-corrected chi connectivity index (χ2v) is 7.50. The highest BCUT2D eigenvalue weighted by Crippen LogP contribution is 2.03. The summed E-state index contributed by atoms with van der Waals surface area (Å²) < 4.78 is 0. The van der Waals surface area contributed by atoms with E-state index in [2.05, 4.69) is 74.4 Å². The van der Waals surface area contributed by atoms with Crippen molar-refractivity contribution in [2.75, 3.05) is 23.7 Å². The summed E-state index contributed by atoms with van der Waals surface area (Å²) in [6.07, 6.45) is 0.435. The lowest BCUT2D eigenvalue weighted by Gasteiger charge is -2.09. The number of hydrogen-bond donors (Lipinski definition) is 2. The minimum Gasteiger partial charge on any atom is -0.355 e. The molecule has 0 aliphatic rings. The van der Waals surface area contributed by atoms with E-state index in [1.54, 1.807) is 0 Å². The molecule has 0 radical (unpaired) electrons. The summed E-state index contributed by atoms with van der Waals surface area (Å²) in [4.78, 5) is 23.3. The summed E-state index contributed by atoms with van der Waals surface area (Å²) in [7, 11) is 0. The molecule has 2 N–H and O–H groups in total. The van der Waals surface area contributed by atoms with Gasteiger partial charge in [0.15, 0.2) is 0 Å². The normalized spacial score (nSPS) is 13.8. The van der Waals surface area contributed by atoms with E-state index in [1.807, 2.05) is 0 Å². The third kappa shape index (κ3) is 10.8. The Labute approximate surface area is 141 Å². The second kappa shape index (κ2) is 11.7. The maximum Gasteiger partial charge on any atom is 0.220 e. The average molecular weight is 516 g/mol. The summed E-state index contributed by atoms with van der Waals surface area (Å²) in [5, 5.41) is 7.05. The highest BCUT2D eigenvalue weighted by atomic mass is 79.9. The predicted octanol–water partition coefficient (Wildman–Crippen LogP) is 2.32. The summed E-state index contributed by atoms with van der Waals surface area (Å²) in [6, 6.07) is 0. The van der Waals surface area contributed by atoms with Gasteiger partial charge < -0.3 is 10.6 Å². The first-order valence-electron chi connectivity index (χ1n) is 5.43. The standard InChI is InChI=1S/C10H16Br4N2O2/c11-3-7(13)5-15-9(17)1-2-10(18)16-6-8(14)4-12/h7-8H,1-6H2,(H,15,17)(H,16,18). The maximum absolute atomic E-state index is 11.4. The van der Waals surface area contributed by atoms with Gasteiger partial charge in [0.25, 0.3) is 0 Å². The number of amides is 2. The fraction of sp³-hybridized carbons (Fsp3) is 0.800. The third-order valence-corrected chi connectivity index (χ3v) is 6.55. The van der Waals surface area contributed by atoms with E-state index in [-0.39, 0.29) is 34.3 Å². The summed E-state index contributed by atoms with van der Waals surface area (Å²) in [5.74, 6) is -0.210. The monoisotopic (exact) mass is 512 g/mol. The Morgan fingerprint density at radius 3 is 1.44 bits per heavy atom. The Bertz CT molecular complexity index is 240. The Kier molecular flexibility index (Phi) is 12.2. The fourth-order valence-corrected chi connectivity index (χ4v) is 1.74. The van der Waals surface area contributed by atoms with Gasteiger partial charge in [-0.15, -0.1) is 0 Å². The molecular weight excluding hydrogens is 500 g/mol. The SMILES string of the molecule is O=C(CCC(=O)NCC(Br)CBr)NCC(Br)CBr. The Balaban J connectivity index is 3.62. The summed E-state index contributed by atoms with van der Waals surface area (Å²) in [6.45, 7) is 1.11. The number of alkyl halides is 4. The highest BCUT2D eigenvalue weighted by molar-refractivity contribution is 9.12. The molecule has 4 nitrogen and oxygen atoms in total. The molecule has 0 spiro atoms. The molecule has 2 atom stereocenters. The topological polar surface area (TPSA) is 58.2 Å². The van der Waals surface area contributed by atoms with E-state index >= 15 is 0 Å². The first kappa shape index (κ1) is 18.9. The number of nitrogens with one attached hydrogen (secondary N) is 2. The van der Waals surface area contributed by atoms with Crippen molar-refractivity contribution in [3.8, 4) is 0 Å². The molecule has 18 heavy (non-hydrogen) atoms. The van der Waals surface area contributed by atoms with Gasteiger partial charge >= 0.3 is 0 Å². The Morgan fingerprint density at radius 1 is 0.833 bits per heavy atom. The van der Waals surface area contributed by atoms with Crippen LogP contribution in [0.5, 0.6) is 0 Å². The molecule has 0 fully saturated rings. The molecule has 106 valence electrons. The minimum absolute atomic E-state index is 0.105. The number of rotatable bonds is 9. The highest BCUT2D eigenvalue weighted by Gasteiger charge is 2.09. The lowest BCUT2D eigenvalue weighted by atomic mass is 10.2. The largest absolute Gasteiger partial charge is 0.355 e. The Morgan fingerprint density at radius 2 is 1.17 bits per heavy atom. The van der Waals surface area contributed by atoms with Gasteiger partial charge in [0, 0.05) is 46.2 Å². The van der Waals surface area contributed by atoms with E-state index in [0.29, 0.717) is 13.1 Å². The van der Waals surface area contributed by atoms with Crippen LogP contribution < -0.4 is 10.6 Å². The first-order valence-corrected chi connectivity index (χ1v) is 9.50. The fourth-order valence-electron chi connectivity index (χ4n) is 0.962. The van der Waals surface area contributed by atoms with E-state index in [1.165, 1.54) is 0 Å². The zero-order valence-electron chi connectivity index (χ0n) is 9.73. The van der Waals surface area contributed by atoms with Gasteiger partial charge in [-0.3, -0.25) is 9.59 Å². The van der Waals surface area contributed by atoms with Crippen LogP contribution in [0.1, 0.15) is 12.8 Å². The van der Waals surface area contributed by atoms with Crippen LogP contribution in [0.25, 0.3) is 0 Å².